The monoisotopic (exact) mass is 243 g/mol. The molecular formula is C15H14FNO. The fraction of sp³-hybridized carbons (Fsp3) is 0.200. The van der Waals surface area contributed by atoms with E-state index in [1.165, 1.54) is 12.3 Å². The Morgan fingerprint density at radius 2 is 1.83 bits per heavy atom. The van der Waals surface area contributed by atoms with E-state index in [1.54, 1.807) is 0 Å². The molecule has 0 aliphatic heterocycles. The summed E-state index contributed by atoms with van der Waals surface area (Å²) in [5.41, 5.74) is 0.500. The third-order valence-corrected chi connectivity index (χ3v) is 3.03. The number of carbonyl (C=O) groups is 1. The normalized spacial score (nSPS) is 11.3. The molecule has 2 rings (SSSR count). The lowest BCUT2D eigenvalue weighted by atomic mass is 9.78. The fourth-order valence-corrected chi connectivity index (χ4v) is 1.88. The Morgan fingerprint density at radius 3 is 2.44 bits per heavy atom. The maximum Gasteiger partial charge on any atom is 0.174 e. The van der Waals surface area contributed by atoms with E-state index in [-0.39, 0.29) is 5.78 Å². The molecule has 0 aliphatic carbocycles. The van der Waals surface area contributed by atoms with Crippen molar-refractivity contribution in [2.75, 3.05) is 0 Å². The van der Waals surface area contributed by atoms with Gasteiger partial charge in [0.15, 0.2) is 5.78 Å². The summed E-state index contributed by atoms with van der Waals surface area (Å²) in [6, 6.07) is 10.7. The van der Waals surface area contributed by atoms with Gasteiger partial charge in [0.05, 0.1) is 11.6 Å². The quantitative estimate of drug-likeness (QED) is 0.773. The SMILES string of the molecule is CC(C)(C(=O)c1cncc(F)c1)c1ccccc1. The van der Waals surface area contributed by atoms with E-state index in [9.17, 15) is 9.18 Å². The number of Topliss-reactive ketones (excluding diaryl/α,β-unsaturated/α-hetero) is 1. The molecule has 0 spiro atoms. The summed E-state index contributed by atoms with van der Waals surface area (Å²) in [6.07, 6.45) is 2.49. The van der Waals surface area contributed by atoms with Crippen LogP contribution in [0.4, 0.5) is 4.39 Å². The molecule has 1 heterocycles. The molecule has 0 radical (unpaired) electrons. The lowest BCUT2D eigenvalue weighted by Gasteiger charge is -2.23. The Balaban J connectivity index is 2.39. The summed E-state index contributed by atoms with van der Waals surface area (Å²) in [5.74, 6) is -0.634. The Hall–Kier alpha value is -2.03. The molecule has 0 unspecified atom stereocenters. The number of aromatic nitrogens is 1. The molecule has 0 fully saturated rings. The van der Waals surface area contributed by atoms with Gasteiger partial charge < -0.3 is 0 Å². The molecule has 18 heavy (non-hydrogen) atoms. The van der Waals surface area contributed by atoms with Crippen molar-refractivity contribution >= 4 is 5.78 Å². The molecule has 0 amide bonds. The van der Waals surface area contributed by atoms with Gasteiger partial charge in [0.25, 0.3) is 0 Å². The van der Waals surface area contributed by atoms with Crippen LogP contribution >= 0.6 is 0 Å². The third-order valence-electron chi connectivity index (χ3n) is 3.03. The average Bonchev–Trinajstić information content (AvgIpc) is 2.39. The summed E-state index contributed by atoms with van der Waals surface area (Å²) >= 11 is 0. The first-order chi connectivity index (χ1) is 8.51. The van der Waals surface area contributed by atoms with Gasteiger partial charge in [-0.2, -0.15) is 0 Å². The summed E-state index contributed by atoms with van der Waals surface area (Å²) in [7, 11) is 0. The van der Waals surface area contributed by atoms with E-state index in [4.69, 9.17) is 0 Å². The van der Waals surface area contributed by atoms with Crippen LogP contribution in [0.5, 0.6) is 0 Å². The van der Waals surface area contributed by atoms with Crippen molar-refractivity contribution in [2.45, 2.75) is 19.3 Å². The molecular weight excluding hydrogens is 229 g/mol. The minimum Gasteiger partial charge on any atom is -0.293 e. The van der Waals surface area contributed by atoms with Gasteiger partial charge in [-0.25, -0.2) is 4.39 Å². The molecule has 0 saturated heterocycles. The second-order valence-corrected chi connectivity index (χ2v) is 4.71. The standard InChI is InChI=1S/C15H14FNO/c1-15(2,12-6-4-3-5-7-12)14(18)11-8-13(16)10-17-9-11/h3-10H,1-2H3. The van der Waals surface area contributed by atoms with Crippen molar-refractivity contribution in [1.29, 1.82) is 0 Å². The van der Waals surface area contributed by atoms with Crippen molar-refractivity contribution in [3.8, 4) is 0 Å². The zero-order valence-corrected chi connectivity index (χ0v) is 10.4. The van der Waals surface area contributed by atoms with Gasteiger partial charge in [-0.15, -0.1) is 0 Å². The van der Waals surface area contributed by atoms with Crippen LogP contribution < -0.4 is 0 Å². The highest BCUT2D eigenvalue weighted by Gasteiger charge is 2.30. The Labute approximate surface area is 105 Å². The van der Waals surface area contributed by atoms with Gasteiger partial charge in [-0.1, -0.05) is 30.3 Å². The van der Waals surface area contributed by atoms with Crippen LogP contribution in [0.25, 0.3) is 0 Å². The Bertz CT molecular complexity index is 564. The van der Waals surface area contributed by atoms with Crippen molar-refractivity contribution in [3.05, 3.63) is 65.7 Å². The number of pyridine rings is 1. The van der Waals surface area contributed by atoms with Crippen LogP contribution in [0.2, 0.25) is 0 Å². The van der Waals surface area contributed by atoms with Gasteiger partial charge in [-0.3, -0.25) is 9.78 Å². The number of hydrogen-bond acceptors (Lipinski definition) is 2. The van der Waals surface area contributed by atoms with Crippen LogP contribution in [0.3, 0.4) is 0 Å². The van der Waals surface area contributed by atoms with Gasteiger partial charge >= 0.3 is 0 Å². The first-order valence-corrected chi connectivity index (χ1v) is 5.72. The minimum absolute atomic E-state index is 0.138. The average molecular weight is 243 g/mol. The molecule has 0 bridgehead atoms. The van der Waals surface area contributed by atoms with Gasteiger partial charge in [0.1, 0.15) is 5.82 Å². The molecule has 0 atom stereocenters. The minimum atomic E-state index is -0.698. The highest BCUT2D eigenvalue weighted by Crippen LogP contribution is 2.27. The number of benzene rings is 1. The number of rotatable bonds is 3. The number of hydrogen-bond donors (Lipinski definition) is 0. The first-order valence-electron chi connectivity index (χ1n) is 5.72. The summed E-state index contributed by atoms with van der Waals surface area (Å²) in [6.45, 7) is 3.66. The molecule has 92 valence electrons. The van der Waals surface area contributed by atoms with Crippen molar-refractivity contribution in [1.82, 2.24) is 4.98 Å². The predicted molar refractivity (Wildman–Crippen MR) is 68.0 cm³/mol. The van der Waals surface area contributed by atoms with Crippen LogP contribution in [0.15, 0.2) is 48.8 Å². The number of halogens is 1. The molecule has 1 aromatic carbocycles. The largest absolute Gasteiger partial charge is 0.293 e. The van der Waals surface area contributed by atoms with E-state index in [1.807, 2.05) is 44.2 Å². The van der Waals surface area contributed by atoms with Crippen LogP contribution in [-0.4, -0.2) is 10.8 Å². The first kappa shape index (κ1) is 12.4. The summed E-state index contributed by atoms with van der Waals surface area (Å²) < 4.78 is 13.1. The molecule has 3 heteroatoms. The highest BCUT2D eigenvalue weighted by atomic mass is 19.1. The van der Waals surface area contributed by atoms with E-state index >= 15 is 0 Å². The van der Waals surface area contributed by atoms with Crippen LogP contribution in [0, 0.1) is 5.82 Å². The van der Waals surface area contributed by atoms with E-state index < -0.39 is 11.2 Å². The zero-order valence-electron chi connectivity index (χ0n) is 10.4. The number of carbonyl (C=O) groups excluding carboxylic acids is 1. The lowest BCUT2D eigenvalue weighted by Crippen LogP contribution is -2.29. The Kier molecular flexibility index (Phi) is 3.24. The lowest BCUT2D eigenvalue weighted by molar-refractivity contribution is 0.0908. The van der Waals surface area contributed by atoms with Crippen LogP contribution in [-0.2, 0) is 5.41 Å². The summed E-state index contributed by atoms with van der Waals surface area (Å²) in [5, 5.41) is 0. The van der Waals surface area contributed by atoms with Crippen molar-refractivity contribution in [2.24, 2.45) is 0 Å². The molecule has 2 aromatic rings. The maximum atomic E-state index is 13.1. The predicted octanol–water partition coefficient (Wildman–Crippen LogP) is 3.38. The fourth-order valence-electron chi connectivity index (χ4n) is 1.88. The molecule has 0 saturated carbocycles. The van der Waals surface area contributed by atoms with E-state index in [2.05, 4.69) is 4.98 Å². The van der Waals surface area contributed by atoms with Gasteiger partial charge in [0, 0.05) is 11.8 Å². The zero-order chi connectivity index (χ0) is 13.2. The third kappa shape index (κ3) is 2.30. The number of ketones is 1. The van der Waals surface area contributed by atoms with Crippen molar-refractivity contribution in [3.63, 3.8) is 0 Å². The van der Waals surface area contributed by atoms with Gasteiger partial charge in [-0.05, 0) is 25.5 Å². The topological polar surface area (TPSA) is 30.0 Å². The Morgan fingerprint density at radius 1 is 1.17 bits per heavy atom. The maximum absolute atomic E-state index is 13.1. The van der Waals surface area contributed by atoms with E-state index in [0.717, 1.165) is 11.8 Å². The highest BCUT2D eigenvalue weighted by molar-refractivity contribution is 6.03. The second kappa shape index (κ2) is 4.69. The summed E-state index contributed by atoms with van der Waals surface area (Å²) in [4.78, 5) is 16.1. The number of nitrogens with zero attached hydrogens (tertiary/aromatic N) is 1. The smallest absolute Gasteiger partial charge is 0.174 e. The van der Waals surface area contributed by atoms with E-state index in [0.29, 0.717) is 5.56 Å². The van der Waals surface area contributed by atoms with Gasteiger partial charge in [0.2, 0.25) is 0 Å². The molecule has 1 aromatic heterocycles. The molecule has 0 N–H and O–H groups in total. The van der Waals surface area contributed by atoms with Crippen LogP contribution in [0.1, 0.15) is 29.8 Å². The second-order valence-electron chi connectivity index (χ2n) is 4.71. The molecule has 2 nitrogen and oxygen atoms in total. The molecule has 0 aliphatic rings. The van der Waals surface area contributed by atoms with Crippen molar-refractivity contribution < 1.29 is 9.18 Å².